The molecular weight excluding hydrogens is 254 g/mol. The van der Waals surface area contributed by atoms with Gasteiger partial charge in [-0.25, -0.2) is 4.98 Å². The second-order valence-corrected chi connectivity index (χ2v) is 4.35. The van der Waals surface area contributed by atoms with Gasteiger partial charge in [0, 0.05) is 6.20 Å². The number of carbonyl (C=O) groups is 1. The lowest BCUT2D eigenvalue weighted by atomic mass is 10.1. The molecule has 1 heterocycles. The summed E-state index contributed by atoms with van der Waals surface area (Å²) in [5.74, 6) is 0.105. The summed E-state index contributed by atoms with van der Waals surface area (Å²) in [6.45, 7) is 0. The van der Waals surface area contributed by atoms with Crippen LogP contribution in [0.2, 0.25) is 0 Å². The summed E-state index contributed by atoms with van der Waals surface area (Å²) in [7, 11) is 1.50. The van der Waals surface area contributed by atoms with Gasteiger partial charge in [-0.05, 0) is 24.1 Å². The number of nitrogens with one attached hydrogen (secondary N) is 1. The molecule has 104 valence electrons. The molecule has 0 aliphatic heterocycles. The van der Waals surface area contributed by atoms with E-state index in [0.717, 1.165) is 5.56 Å². The van der Waals surface area contributed by atoms with Gasteiger partial charge >= 0.3 is 0 Å². The predicted octanol–water partition coefficient (Wildman–Crippen LogP) is 1.60. The molecule has 0 saturated carbocycles. The average molecular weight is 271 g/mol. The van der Waals surface area contributed by atoms with E-state index in [9.17, 15) is 4.79 Å². The maximum absolute atomic E-state index is 12.1. The van der Waals surface area contributed by atoms with Crippen molar-refractivity contribution in [3.05, 3.63) is 54.2 Å². The number of anilines is 1. The van der Waals surface area contributed by atoms with Crippen LogP contribution in [0, 0.1) is 0 Å². The van der Waals surface area contributed by atoms with E-state index < -0.39 is 6.04 Å². The lowest BCUT2D eigenvalue weighted by molar-refractivity contribution is -0.117. The fraction of sp³-hybridized carbons (Fsp3) is 0.200. The molecule has 1 aromatic heterocycles. The summed E-state index contributed by atoms with van der Waals surface area (Å²) in [4.78, 5) is 16.1. The molecule has 20 heavy (non-hydrogen) atoms. The number of nitrogens with zero attached hydrogens (tertiary/aromatic N) is 1. The van der Waals surface area contributed by atoms with Crippen LogP contribution in [0.1, 0.15) is 5.56 Å². The number of carbonyl (C=O) groups excluding carboxylic acids is 1. The van der Waals surface area contributed by atoms with Gasteiger partial charge in [0.05, 0.1) is 13.2 Å². The number of methoxy groups -OCH3 is 1. The van der Waals surface area contributed by atoms with Crippen molar-refractivity contribution in [1.82, 2.24) is 4.98 Å². The number of benzene rings is 1. The minimum absolute atomic E-state index is 0.264. The third-order valence-corrected chi connectivity index (χ3v) is 2.86. The summed E-state index contributed by atoms with van der Waals surface area (Å²) < 4.78 is 5.08. The minimum Gasteiger partial charge on any atom is -0.480 e. The molecule has 0 fully saturated rings. The first-order valence-corrected chi connectivity index (χ1v) is 6.30. The summed E-state index contributed by atoms with van der Waals surface area (Å²) in [6.07, 6.45) is 2.08. The Morgan fingerprint density at radius 1 is 1.30 bits per heavy atom. The fourth-order valence-electron chi connectivity index (χ4n) is 1.83. The first kappa shape index (κ1) is 14.0. The van der Waals surface area contributed by atoms with Crippen LogP contribution in [0.4, 0.5) is 5.69 Å². The molecule has 1 atom stereocenters. The molecule has 0 spiro atoms. The number of hydrogen-bond donors (Lipinski definition) is 2. The predicted molar refractivity (Wildman–Crippen MR) is 77.5 cm³/mol. The fourth-order valence-corrected chi connectivity index (χ4v) is 1.83. The highest BCUT2D eigenvalue weighted by Gasteiger charge is 2.16. The van der Waals surface area contributed by atoms with E-state index in [-0.39, 0.29) is 5.91 Å². The Morgan fingerprint density at radius 3 is 2.75 bits per heavy atom. The molecule has 3 N–H and O–H groups in total. The Bertz CT molecular complexity index is 572. The smallest absolute Gasteiger partial charge is 0.241 e. The standard InChI is InChI=1S/C15H17N3O2/c1-20-15-13(8-5-9-17-15)18-14(19)12(16)10-11-6-3-2-4-7-11/h2-9,12H,10,16H2,1H3,(H,18,19)/t12-/m0/s1. The number of hydrogen-bond acceptors (Lipinski definition) is 4. The number of aromatic nitrogens is 1. The van der Waals surface area contributed by atoms with Gasteiger partial charge in [-0.3, -0.25) is 4.79 Å². The van der Waals surface area contributed by atoms with E-state index in [0.29, 0.717) is 18.0 Å². The summed E-state index contributed by atoms with van der Waals surface area (Å²) >= 11 is 0. The Labute approximate surface area is 117 Å². The topological polar surface area (TPSA) is 77.2 Å². The van der Waals surface area contributed by atoms with Crippen LogP contribution in [0.5, 0.6) is 5.88 Å². The summed E-state index contributed by atoms with van der Waals surface area (Å²) in [5, 5.41) is 2.73. The van der Waals surface area contributed by atoms with Gasteiger partial charge in [0.15, 0.2) is 0 Å². The number of pyridine rings is 1. The molecule has 1 aromatic carbocycles. The molecule has 2 aromatic rings. The Hall–Kier alpha value is -2.40. The second kappa shape index (κ2) is 6.68. The number of ether oxygens (including phenoxy) is 1. The van der Waals surface area contributed by atoms with Crippen LogP contribution in [-0.2, 0) is 11.2 Å². The monoisotopic (exact) mass is 271 g/mol. The minimum atomic E-state index is -0.623. The Balaban J connectivity index is 2.01. The molecule has 5 heteroatoms. The number of rotatable bonds is 5. The zero-order valence-corrected chi connectivity index (χ0v) is 11.2. The normalized spacial score (nSPS) is 11.7. The highest BCUT2D eigenvalue weighted by atomic mass is 16.5. The van der Waals surface area contributed by atoms with Gasteiger partial charge in [0.25, 0.3) is 0 Å². The van der Waals surface area contributed by atoms with Gasteiger partial charge in [0.1, 0.15) is 5.69 Å². The van der Waals surface area contributed by atoms with Crippen molar-refractivity contribution in [3.63, 3.8) is 0 Å². The van der Waals surface area contributed by atoms with Crippen LogP contribution in [0.3, 0.4) is 0 Å². The van der Waals surface area contributed by atoms with Crippen molar-refractivity contribution in [2.75, 3.05) is 12.4 Å². The zero-order valence-electron chi connectivity index (χ0n) is 11.2. The van der Waals surface area contributed by atoms with Crippen LogP contribution in [-0.4, -0.2) is 24.0 Å². The Kier molecular flexibility index (Phi) is 4.68. The van der Waals surface area contributed by atoms with Crippen LogP contribution in [0.25, 0.3) is 0 Å². The summed E-state index contributed by atoms with van der Waals surface area (Å²) in [5.41, 5.74) is 7.45. The third kappa shape index (κ3) is 3.55. The van der Waals surface area contributed by atoms with Crippen molar-refractivity contribution < 1.29 is 9.53 Å². The van der Waals surface area contributed by atoms with E-state index in [4.69, 9.17) is 10.5 Å². The quantitative estimate of drug-likeness (QED) is 0.866. The number of nitrogens with two attached hydrogens (primary N) is 1. The van der Waals surface area contributed by atoms with Crippen LogP contribution in [0.15, 0.2) is 48.7 Å². The molecule has 1 amide bonds. The second-order valence-electron chi connectivity index (χ2n) is 4.35. The van der Waals surface area contributed by atoms with Gasteiger partial charge < -0.3 is 15.8 Å². The maximum atomic E-state index is 12.1. The lowest BCUT2D eigenvalue weighted by Crippen LogP contribution is -2.37. The SMILES string of the molecule is COc1ncccc1NC(=O)[C@@H](N)Cc1ccccc1. The first-order chi connectivity index (χ1) is 9.70. The van der Waals surface area contributed by atoms with Gasteiger partial charge in [-0.15, -0.1) is 0 Å². The van der Waals surface area contributed by atoms with Crippen molar-refractivity contribution >= 4 is 11.6 Å². The van der Waals surface area contributed by atoms with E-state index in [1.165, 1.54) is 7.11 Å². The molecular formula is C15H17N3O2. The molecule has 2 rings (SSSR count). The molecule has 0 aliphatic rings. The largest absolute Gasteiger partial charge is 0.480 e. The first-order valence-electron chi connectivity index (χ1n) is 6.30. The highest BCUT2D eigenvalue weighted by Crippen LogP contribution is 2.19. The third-order valence-electron chi connectivity index (χ3n) is 2.86. The molecule has 0 unspecified atom stereocenters. The molecule has 5 nitrogen and oxygen atoms in total. The van der Waals surface area contributed by atoms with Crippen molar-refractivity contribution in [1.29, 1.82) is 0 Å². The molecule has 0 radical (unpaired) electrons. The van der Waals surface area contributed by atoms with Crippen LogP contribution >= 0.6 is 0 Å². The van der Waals surface area contributed by atoms with E-state index in [1.807, 2.05) is 30.3 Å². The van der Waals surface area contributed by atoms with E-state index in [1.54, 1.807) is 18.3 Å². The Morgan fingerprint density at radius 2 is 2.05 bits per heavy atom. The van der Waals surface area contributed by atoms with Crippen molar-refractivity contribution in [2.45, 2.75) is 12.5 Å². The van der Waals surface area contributed by atoms with E-state index in [2.05, 4.69) is 10.3 Å². The van der Waals surface area contributed by atoms with Crippen molar-refractivity contribution in [2.24, 2.45) is 5.73 Å². The van der Waals surface area contributed by atoms with Gasteiger partial charge in [0.2, 0.25) is 11.8 Å². The number of amides is 1. The highest BCUT2D eigenvalue weighted by molar-refractivity contribution is 5.95. The van der Waals surface area contributed by atoms with E-state index >= 15 is 0 Å². The lowest BCUT2D eigenvalue weighted by Gasteiger charge is -2.13. The average Bonchev–Trinajstić information content (AvgIpc) is 2.48. The maximum Gasteiger partial charge on any atom is 0.241 e. The van der Waals surface area contributed by atoms with Gasteiger partial charge in [-0.1, -0.05) is 30.3 Å². The van der Waals surface area contributed by atoms with Crippen molar-refractivity contribution in [3.8, 4) is 5.88 Å². The molecule has 0 bridgehead atoms. The molecule has 0 aliphatic carbocycles. The van der Waals surface area contributed by atoms with Crippen LogP contribution < -0.4 is 15.8 Å². The van der Waals surface area contributed by atoms with Gasteiger partial charge in [-0.2, -0.15) is 0 Å². The molecule has 0 saturated heterocycles. The summed E-state index contributed by atoms with van der Waals surface area (Å²) in [6, 6.07) is 12.5. The zero-order chi connectivity index (χ0) is 14.4.